The van der Waals surface area contributed by atoms with Gasteiger partial charge in [0.25, 0.3) is 0 Å². The van der Waals surface area contributed by atoms with Crippen LogP contribution in [0.3, 0.4) is 0 Å². The van der Waals surface area contributed by atoms with Crippen molar-refractivity contribution in [2.45, 2.75) is 250 Å². The van der Waals surface area contributed by atoms with Crippen molar-refractivity contribution in [2.75, 3.05) is 13.2 Å². The third kappa shape index (κ3) is 43.4. The molecule has 1 aliphatic rings. The normalized spacial score (nSPS) is 18.8. The minimum absolute atomic E-state index is 0.0198. The summed E-state index contributed by atoms with van der Waals surface area (Å²) in [4.78, 5) is 51.2. The number of carboxylic acid groups (broad SMARTS) is 1. The lowest BCUT2D eigenvalue weighted by Gasteiger charge is -2.40. The molecule has 0 bridgehead atoms. The maximum atomic E-state index is 13.1. The summed E-state index contributed by atoms with van der Waals surface area (Å²) in [5, 5.41) is 31.5. The maximum Gasteiger partial charge on any atom is 0.335 e. The number of hydrogen-bond donors (Lipinski definition) is 3. The second-order valence-corrected chi connectivity index (χ2v) is 19.9. The van der Waals surface area contributed by atoms with Crippen LogP contribution in [0.1, 0.15) is 213 Å². The first kappa shape index (κ1) is 71.9. The third-order valence-electron chi connectivity index (χ3n) is 12.7. The van der Waals surface area contributed by atoms with Crippen LogP contribution in [0, 0.1) is 0 Å². The van der Waals surface area contributed by atoms with Crippen LogP contribution >= 0.6 is 0 Å². The monoisotopic (exact) mass is 1100 g/mol. The lowest BCUT2D eigenvalue weighted by molar-refractivity contribution is -0.301. The zero-order valence-electron chi connectivity index (χ0n) is 48.8. The molecule has 1 heterocycles. The summed E-state index contributed by atoms with van der Waals surface area (Å²) in [6, 6.07) is 0. The van der Waals surface area contributed by atoms with E-state index < -0.39 is 67.3 Å². The van der Waals surface area contributed by atoms with Crippen molar-refractivity contribution in [3.8, 4) is 0 Å². The Morgan fingerprint density at radius 2 is 0.797 bits per heavy atom. The van der Waals surface area contributed by atoms with Gasteiger partial charge in [-0.3, -0.25) is 14.4 Å². The van der Waals surface area contributed by atoms with Crippen LogP contribution in [0.15, 0.2) is 134 Å². The smallest absolute Gasteiger partial charge is 0.335 e. The van der Waals surface area contributed by atoms with E-state index in [-0.39, 0.29) is 25.9 Å². The number of aliphatic hydroxyl groups excluding tert-OH is 2. The molecule has 0 saturated carbocycles. The number of carboxylic acids is 1. The summed E-state index contributed by atoms with van der Waals surface area (Å²) >= 11 is 0. The largest absolute Gasteiger partial charge is 0.479 e. The number of aliphatic carboxylic acids is 1. The van der Waals surface area contributed by atoms with Gasteiger partial charge in [-0.1, -0.05) is 199 Å². The zero-order chi connectivity index (χ0) is 57.5. The van der Waals surface area contributed by atoms with Gasteiger partial charge in [0.05, 0.1) is 6.61 Å². The lowest BCUT2D eigenvalue weighted by Crippen LogP contribution is -2.61. The van der Waals surface area contributed by atoms with E-state index in [1.165, 1.54) is 0 Å². The molecule has 1 rings (SSSR count). The Balaban J connectivity index is 2.73. The topological polar surface area (TPSA) is 175 Å². The summed E-state index contributed by atoms with van der Waals surface area (Å²) in [5.74, 6) is -3.23. The molecule has 0 aromatic rings. The fourth-order valence-corrected chi connectivity index (χ4v) is 8.13. The van der Waals surface area contributed by atoms with Crippen LogP contribution in [-0.2, 0) is 42.9 Å². The fourth-order valence-electron chi connectivity index (χ4n) is 8.13. The molecule has 0 aliphatic carbocycles. The molecule has 3 N–H and O–H groups in total. The Morgan fingerprint density at radius 1 is 0.430 bits per heavy atom. The van der Waals surface area contributed by atoms with Crippen LogP contribution in [0.5, 0.6) is 0 Å². The predicted molar refractivity (Wildman–Crippen MR) is 321 cm³/mol. The van der Waals surface area contributed by atoms with Gasteiger partial charge in [-0.25, -0.2) is 4.79 Å². The number of rotatable bonds is 49. The Kier molecular flexibility index (Phi) is 48.7. The molecule has 6 atom stereocenters. The first-order chi connectivity index (χ1) is 38.6. The number of carbonyl (C=O) groups is 4. The maximum absolute atomic E-state index is 13.1. The van der Waals surface area contributed by atoms with Crippen LogP contribution in [0.25, 0.3) is 0 Å². The van der Waals surface area contributed by atoms with Crippen molar-refractivity contribution < 1.29 is 58.2 Å². The summed E-state index contributed by atoms with van der Waals surface area (Å²) in [6.07, 6.45) is 62.7. The van der Waals surface area contributed by atoms with Gasteiger partial charge in [0.1, 0.15) is 18.8 Å². The van der Waals surface area contributed by atoms with Crippen molar-refractivity contribution in [1.82, 2.24) is 0 Å². The van der Waals surface area contributed by atoms with E-state index in [1.54, 1.807) is 0 Å². The molecule has 6 unspecified atom stereocenters. The number of unbranched alkanes of at least 4 members (excludes halogenated alkanes) is 13. The van der Waals surface area contributed by atoms with E-state index in [4.69, 9.17) is 23.7 Å². The second kappa shape index (κ2) is 53.5. The molecule has 12 heteroatoms. The van der Waals surface area contributed by atoms with Gasteiger partial charge in [0.2, 0.25) is 0 Å². The lowest BCUT2D eigenvalue weighted by atomic mass is 9.98. The molecule has 1 aliphatic heterocycles. The van der Waals surface area contributed by atoms with Crippen LogP contribution in [0.4, 0.5) is 0 Å². The molecule has 0 spiro atoms. The third-order valence-corrected chi connectivity index (χ3v) is 12.7. The van der Waals surface area contributed by atoms with Crippen LogP contribution in [-0.4, -0.2) is 89.2 Å². The van der Waals surface area contributed by atoms with E-state index in [0.29, 0.717) is 19.3 Å². The van der Waals surface area contributed by atoms with E-state index in [1.807, 2.05) is 0 Å². The zero-order valence-corrected chi connectivity index (χ0v) is 48.8. The minimum Gasteiger partial charge on any atom is -0.479 e. The van der Waals surface area contributed by atoms with Crippen molar-refractivity contribution >= 4 is 23.9 Å². The minimum atomic E-state index is -1.93. The van der Waals surface area contributed by atoms with E-state index in [2.05, 4.69) is 154 Å². The number of aliphatic hydroxyl groups is 2. The average molecular weight is 1100 g/mol. The number of hydrogen-bond acceptors (Lipinski definition) is 11. The van der Waals surface area contributed by atoms with Gasteiger partial charge in [-0.05, 0) is 128 Å². The van der Waals surface area contributed by atoms with Crippen LogP contribution < -0.4 is 0 Å². The predicted octanol–water partition coefficient (Wildman–Crippen LogP) is 15.8. The average Bonchev–Trinajstić information content (AvgIpc) is 3.47. The summed E-state index contributed by atoms with van der Waals surface area (Å²) in [6.45, 7) is 5.64. The SMILES string of the molecule is CC/C=C\C/C=C\C/C=C\C/C=C\C/C=C\CCCCCC(=O)OCC(COC1OC(C(=O)O)C(O)C(O)C1OC(=O)CCCCCC/C=C\C/C=C\C/C=C\C/C=C\CC)OC(=O)CCCCCCC/C=C\C/C=C\CCC. The Hall–Kier alpha value is -5.14. The van der Waals surface area contributed by atoms with Crippen molar-refractivity contribution in [3.05, 3.63) is 134 Å². The summed E-state index contributed by atoms with van der Waals surface area (Å²) in [7, 11) is 0. The number of allylic oxidation sites excluding steroid dienone is 22. The van der Waals surface area contributed by atoms with E-state index >= 15 is 0 Å². The Morgan fingerprint density at radius 3 is 1.23 bits per heavy atom. The summed E-state index contributed by atoms with van der Waals surface area (Å²) in [5.41, 5.74) is 0. The fraction of sp³-hybridized carbons (Fsp3) is 0.612. The molecular weight excluding hydrogens is 997 g/mol. The molecule has 12 nitrogen and oxygen atoms in total. The van der Waals surface area contributed by atoms with Crippen LogP contribution in [0.2, 0.25) is 0 Å². The van der Waals surface area contributed by atoms with E-state index in [0.717, 1.165) is 154 Å². The molecule has 1 saturated heterocycles. The molecular formula is C67H104O12. The van der Waals surface area contributed by atoms with Crippen molar-refractivity contribution in [2.24, 2.45) is 0 Å². The first-order valence-electron chi connectivity index (χ1n) is 30.2. The van der Waals surface area contributed by atoms with Crippen molar-refractivity contribution in [1.29, 1.82) is 0 Å². The molecule has 0 radical (unpaired) electrons. The first-order valence-corrected chi connectivity index (χ1v) is 30.2. The Bertz CT molecular complexity index is 1880. The quantitative estimate of drug-likeness (QED) is 0.0228. The molecule has 444 valence electrons. The number of carbonyl (C=O) groups excluding carboxylic acids is 3. The molecule has 79 heavy (non-hydrogen) atoms. The van der Waals surface area contributed by atoms with E-state index in [9.17, 15) is 34.5 Å². The molecule has 0 amide bonds. The van der Waals surface area contributed by atoms with Crippen molar-refractivity contribution in [3.63, 3.8) is 0 Å². The van der Waals surface area contributed by atoms with Gasteiger partial charge in [-0.2, -0.15) is 0 Å². The highest BCUT2D eigenvalue weighted by atomic mass is 16.7. The highest BCUT2D eigenvalue weighted by Crippen LogP contribution is 2.26. The van der Waals surface area contributed by atoms with Gasteiger partial charge in [0.15, 0.2) is 24.6 Å². The molecule has 1 fully saturated rings. The number of esters is 3. The second-order valence-electron chi connectivity index (χ2n) is 19.9. The number of ether oxygens (including phenoxy) is 5. The molecule has 0 aromatic carbocycles. The highest BCUT2D eigenvalue weighted by Gasteiger charge is 2.50. The highest BCUT2D eigenvalue weighted by molar-refractivity contribution is 5.74. The van der Waals surface area contributed by atoms with Gasteiger partial charge in [0, 0.05) is 19.3 Å². The van der Waals surface area contributed by atoms with Gasteiger partial charge >= 0.3 is 23.9 Å². The Labute approximate surface area is 477 Å². The van der Waals surface area contributed by atoms with Gasteiger partial charge < -0.3 is 39.0 Å². The molecule has 0 aromatic heterocycles. The van der Waals surface area contributed by atoms with Gasteiger partial charge in [-0.15, -0.1) is 0 Å². The standard InChI is InChI=1S/C67H104O12/c1-4-7-10-13-16-19-22-25-27-29-30-32-33-36-38-41-44-47-50-53-59(68)75-56-58(77-60(69)54-51-48-45-42-39-35-24-21-18-15-12-9-6-3)57-76-67-65(63(72)62(71)64(79-67)66(73)74)78-61(70)55-52-49-46-43-40-37-34-31-28-26-23-20-17-14-11-8-5-2/h7-8,10-12,15-17,19-21,24-28,30,32,34,36-38,58,62-65,67,71-72H,4-6,9,13-14,18,22-23,29,31,33,35,39-57H2,1-3H3,(H,73,74)/b10-7-,11-8-,15-12-,19-16-,20-17-,24-21-,27-25-,28-26-,32-30-,37-34-,38-36-. The summed E-state index contributed by atoms with van der Waals surface area (Å²) < 4.78 is 28.4.